The second kappa shape index (κ2) is 11.3. The van der Waals surface area contributed by atoms with Gasteiger partial charge in [-0.15, -0.1) is 0 Å². The SMILES string of the molecule is N=C(N)NC(=O)OCc1cccc(-c2cnc(N3CC(=NOCCC(O)CO)C3)c(F)c2)c1F. The zero-order valence-electron chi connectivity index (χ0n) is 18.0. The van der Waals surface area contributed by atoms with Gasteiger partial charge in [-0.05, 0) is 6.07 Å². The van der Waals surface area contributed by atoms with E-state index in [0.29, 0.717) is 18.8 Å². The van der Waals surface area contributed by atoms with Gasteiger partial charge in [0.2, 0.25) is 0 Å². The molecule has 0 bridgehead atoms. The van der Waals surface area contributed by atoms with Crippen molar-refractivity contribution in [2.45, 2.75) is 19.1 Å². The maximum Gasteiger partial charge on any atom is 0.414 e. The molecule has 1 aromatic carbocycles. The topological polar surface area (TPSA) is 166 Å². The first-order chi connectivity index (χ1) is 16.3. The second-order valence-electron chi connectivity index (χ2n) is 7.39. The van der Waals surface area contributed by atoms with E-state index in [4.69, 9.17) is 25.8 Å². The van der Waals surface area contributed by atoms with E-state index in [2.05, 4.69) is 10.1 Å². The highest BCUT2D eigenvalue weighted by Gasteiger charge is 2.27. The van der Waals surface area contributed by atoms with Crippen LogP contribution in [0.1, 0.15) is 12.0 Å². The Morgan fingerprint density at radius 1 is 1.38 bits per heavy atom. The van der Waals surface area contributed by atoms with E-state index in [1.54, 1.807) is 4.90 Å². The molecule has 13 heteroatoms. The molecule has 0 spiro atoms. The standard InChI is InChI=1S/C21H24F2N6O5/c22-17-6-13(16-3-1-2-12(18(16)23)11-33-21(32)27-20(24)25)7-26-19(17)29-8-14(9-29)28-34-5-4-15(31)10-30/h1-3,6-7,15,30-31H,4-5,8-11H2,(H4,24,25,27,32). The Bertz CT molecular complexity index is 1080. The smallest absolute Gasteiger partial charge is 0.414 e. The van der Waals surface area contributed by atoms with Crippen LogP contribution in [-0.4, -0.2) is 65.4 Å². The van der Waals surface area contributed by atoms with Gasteiger partial charge >= 0.3 is 6.09 Å². The number of amides is 1. The van der Waals surface area contributed by atoms with Crippen molar-refractivity contribution in [2.24, 2.45) is 10.9 Å². The van der Waals surface area contributed by atoms with E-state index in [1.165, 1.54) is 24.4 Å². The van der Waals surface area contributed by atoms with Crippen LogP contribution >= 0.6 is 0 Å². The Morgan fingerprint density at radius 2 is 2.15 bits per heavy atom. The number of aliphatic hydroxyl groups excluding tert-OH is 2. The first-order valence-electron chi connectivity index (χ1n) is 10.2. The molecular weight excluding hydrogens is 454 g/mol. The molecule has 1 aliphatic rings. The minimum absolute atomic E-state index is 0.0517. The Morgan fingerprint density at radius 3 is 2.82 bits per heavy atom. The van der Waals surface area contributed by atoms with Gasteiger partial charge in [-0.25, -0.2) is 18.6 Å². The summed E-state index contributed by atoms with van der Waals surface area (Å²) in [5.41, 5.74) is 6.02. The van der Waals surface area contributed by atoms with Crippen molar-refractivity contribution < 1.29 is 33.4 Å². The lowest BCUT2D eigenvalue weighted by atomic mass is 10.0. The highest BCUT2D eigenvalue weighted by atomic mass is 19.1. The molecule has 34 heavy (non-hydrogen) atoms. The highest BCUT2D eigenvalue weighted by Crippen LogP contribution is 2.29. The third kappa shape index (κ3) is 6.36. The molecule has 182 valence electrons. The third-order valence-electron chi connectivity index (χ3n) is 4.80. The summed E-state index contributed by atoms with van der Waals surface area (Å²) in [7, 11) is 0. The summed E-state index contributed by atoms with van der Waals surface area (Å²) in [6.07, 6.45) is -0.283. The van der Waals surface area contributed by atoms with E-state index in [0.717, 1.165) is 6.07 Å². The number of alkyl carbamates (subject to hydrolysis) is 1. The minimum Gasteiger partial charge on any atom is -0.444 e. The quantitative estimate of drug-likeness (QED) is 0.155. The number of anilines is 1. The average Bonchev–Trinajstić information content (AvgIpc) is 2.77. The normalized spacial score (nSPS) is 13.6. The van der Waals surface area contributed by atoms with E-state index in [9.17, 15) is 18.7 Å². The maximum atomic E-state index is 14.9. The molecule has 11 nitrogen and oxygen atoms in total. The summed E-state index contributed by atoms with van der Waals surface area (Å²) >= 11 is 0. The number of nitrogens with two attached hydrogens (primary N) is 1. The minimum atomic E-state index is -1.00. The molecule has 1 aliphatic heterocycles. The summed E-state index contributed by atoms with van der Waals surface area (Å²) < 4.78 is 34.4. The van der Waals surface area contributed by atoms with Gasteiger partial charge in [-0.3, -0.25) is 10.7 Å². The van der Waals surface area contributed by atoms with Crippen LogP contribution in [0.2, 0.25) is 0 Å². The summed E-state index contributed by atoms with van der Waals surface area (Å²) in [5, 5.41) is 30.8. The van der Waals surface area contributed by atoms with Gasteiger partial charge < -0.3 is 30.4 Å². The molecule has 1 amide bonds. The van der Waals surface area contributed by atoms with Crippen molar-refractivity contribution in [1.29, 1.82) is 5.41 Å². The number of rotatable bonds is 9. The van der Waals surface area contributed by atoms with Gasteiger partial charge in [0.25, 0.3) is 0 Å². The Hall–Kier alpha value is -3.84. The maximum absolute atomic E-state index is 14.9. The molecule has 1 saturated heterocycles. The van der Waals surface area contributed by atoms with Crippen molar-refractivity contribution in [3.63, 3.8) is 0 Å². The molecule has 6 N–H and O–H groups in total. The largest absolute Gasteiger partial charge is 0.444 e. The number of hydrogen-bond donors (Lipinski definition) is 5. The van der Waals surface area contributed by atoms with E-state index in [-0.39, 0.29) is 42.1 Å². The van der Waals surface area contributed by atoms with Crippen molar-refractivity contribution in [3.8, 4) is 11.1 Å². The highest BCUT2D eigenvalue weighted by molar-refractivity contribution is 5.99. The molecule has 1 fully saturated rings. The summed E-state index contributed by atoms with van der Waals surface area (Å²) in [6.45, 7) is -0.0210. The zero-order chi connectivity index (χ0) is 24.7. The Kier molecular flexibility index (Phi) is 8.27. The van der Waals surface area contributed by atoms with Crippen LogP contribution in [0.4, 0.5) is 19.4 Å². The number of nitrogens with zero attached hydrogens (tertiary/aromatic N) is 3. The number of ether oxygens (including phenoxy) is 1. The molecule has 0 saturated carbocycles. The van der Waals surface area contributed by atoms with E-state index < -0.39 is 36.4 Å². The zero-order valence-corrected chi connectivity index (χ0v) is 18.0. The fourth-order valence-electron chi connectivity index (χ4n) is 3.03. The number of halogens is 2. The van der Waals surface area contributed by atoms with E-state index in [1.807, 2.05) is 5.32 Å². The van der Waals surface area contributed by atoms with Crippen molar-refractivity contribution in [1.82, 2.24) is 10.3 Å². The fraction of sp³-hybridized carbons (Fsp3) is 0.333. The monoisotopic (exact) mass is 478 g/mol. The number of oxime groups is 1. The number of guanidine groups is 1. The first kappa shape index (κ1) is 24.8. The second-order valence-corrected chi connectivity index (χ2v) is 7.39. The van der Waals surface area contributed by atoms with Gasteiger partial charge in [0.15, 0.2) is 17.6 Å². The lowest BCUT2D eigenvalue weighted by Gasteiger charge is -2.33. The third-order valence-corrected chi connectivity index (χ3v) is 4.80. The predicted octanol–water partition coefficient (Wildman–Crippen LogP) is 1.08. The molecular formula is C21H24F2N6O5. The van der Waals surface area contributed by atoms with Gasteiger partial charge in [0.05, 0.1) is 31.5 Å². The van der Waals surface area contributed by atoms with Gasteiger partial charge in [0, 0.05) is 29.3 Å². The Labute approximate surface area is 193 Å². The van der Waals surface area contributed by atoms with Crippen LogP contribution in [0.25, 0.3) is 11.1 Å². The van der Waals surface area contributed by atoms with Crippen LogP contribution in [0, 0.1) is 17.0 Å². The van der Waals surface area contributed by atoms with Crippen LogP contribution < -0.4 is 16.0 Å². The van der Waals surface area contributed by atoms with Gasteiger partial charge in [-0.1, -0.05) is 23.4 Å². The number of benzene rings is 1. The molecule has 3 rings (SSSR count). The van der Waals surface area contributed by atoms with Crippen molar-refractivity contribution >= 4 is 23.6 Å². The summed E-state index contributed by atoms with van der Waals surface area (Å²) in [4.78, 5) is 22.2. The Balaban J connectivity index is 1.61. The van der Waals surface area contributed by atoms with Crippen molar-refractivity contribution in [2.75, 3.05) is 31.2 Å². The average molecular weight is 478 g/mol. The fourth-order valence-corrected chi connectivity index (χ4v) is 3.03. The van der Waals surface area contributed by atoms with Gasteiger partial charge in [-0.2, -0.15) is 0 Å². The number of aliphatic hydroxyl groups is 2. The summed E-state index contributed by atoms with van der Waals surface area (Å²) in [5.74, 6) is -1.87. The molecule has 1 unspecified atom stereocenters. The van der Waals surface area contributed by atoms with Crippen molar-refractivity contribution in [3.05, 3.63) is 47.7 Å². The number of pyridine rings is 1. The van der Waals surface area contributed by atoms with Gasteiger partial charge in [0.1, 0.15) is 19.0 Å². The van der Waals surface area contributed by atoms with Crippen LogP contribution in [-0.2, 0) is 16.2 Å². The number of hydrogen-bond acceptors (Lipinski definition) is 9. The predicted molar refractivity (Wildman–Crippen MR) is 118 cm³/mol. The van der Waals surface area contributed by atoms with Crippen LogP contribution in [0.5, 0.6) is 0 Å². The molecule has 2 heterocycles. The van der Waals surface area contributed by atoms with Crippen LogP contribution in [0.3, 0.4) is 0 Å². The first-order valence-corrected chi connectivity index (χ1v) is 10.2. The molecule has 0 radical (unpaired) electrons. The number of carbonyl (C=O) groups is 1. The molecule has 1 aromatic heterocycles. The number of nitrogens with one attached hydrogen (secondary N) is 2. The number of carbonyl (C=O) groups excluding carboxylic acids is 1. The molecule has 0 aliphatic carbocycles. The number of aromatic nitrogens is 1. The lowest BCUT2D eigenvalue weighted by Crippen LogP contribution is -2.48. The molecule has 1 atom stereocenters. The summed E-state index contributed by atoms with van der Waals surface area (Å²) in [6, 6.07) is 5.55. The van der Waals surface area contributed by atoms with E-state index >= 15 is 0 Å². The lowest BCUT2D eigenvalue weighted by molar-refractivity contribution is 0.0501. The molecule has 2 aromatic rings. The van der Waals surface area contributed by atoms with Crippen LogP contribution in [0.15, 0.2) is 35.6 Å².